The van der Waals surface area contributed by atoms with Crippen LogP contribution >= 0.6 is 0 Å². The molecule has 0 spiro atoms. The van der Waals surface area contributed by atoms with Crippen molar-refractivity contribution in [3.63, 3.8) is 0 Å². The number of benzene rings is 1. The van der Waals surface area contributed by atoms with Crippen molar-refractivity contribution >= 4 is 11.6 Å². The largest absolute Gasteiger partial charge is 0.478 e. The highest BCUT2D eigenvalue weighted by Crippen LogP contribution is 2.31. The lowest BCUT2D eigenvalue weighted by molar-refractivity contribution is 0.283. The van der Waals surface area contributed by atoms with Crippen LogP contribution in [0.4, 0.5) is 5.69 Å². The Kier molecular flexibility index (Phi) is 2.62. The number of para-hydroxylation sites is 1. The second-order valence-electron chi connectivity index (χ2n) is 5.14. The molecule has 0 bridgehead atoms. The van der Waals surface area contributed by atoms with E-state index in [2.05, 4.69) is 25.8 Å². The molecule has 3 nitrogen and oxygen atoms in total. The summed E-state index contributed by atoms with van der Waals surface area (Å²) < 4.78 is 5.63. The van der Waals surface area contributed by atoms with Crippen LogP contribution in [-0.2, 0) is 4.74 Å². The lowest BCUT2D eigenvalue weighted by Crippen LogP contribution is -2.20. The van der Waals surface area contributed by atoms with Crippen LogP contribution in [0, 0.1) is 5.41 Å². The third kappa shape index (κ3) is 2.03. The quantitative estimate of drug-likeness (QED) is 0.737. The molecule has 0 radical (unpaired) electrons. The molecular formula is C13H18N2O. The molecule has 2 N–H and O–H groups in total. The standard InChI is InChI=1S/C13H18N2O/c1-13(2,3)12-15-11(8-16-12)9-6-4-5-7-10(9)14/h4-7,11H,8,14H2,1-3H3/t11-/m1/s1. The Morgan fingerprint density at radius 3 is 2.56 bits per heavy atom. The van der Waals surface area contributed by atoms with Crippen LogP contribution in [0.25, 0.3) is 0 Å². The highest BCUT2D eigenvalue weighted by molar-refractivity contribution is 5.83. The highest BCUT2D eigenvalue weighted by Gasteiger charge is 2.29. The minimum absolute atomic E-state index is 0.0295. The second-order valence-corrected chi connectivity index (χ2v) is 5.14. The molecule has 0 saturated heterocycles. The summed E-state index contributed by atoms with van der Waals surface area (Å²) in [6.45, 7) is 6.90. The number of aliphatic imine (C=N–C) groups is 1. The Balaban J connectivity index is 2.27. The highest BCUT2D eigenvalue weighted by atomic mass is 16.5. The SMILES string of the molecule is CC(C)(C)C1=N[C@@H](c2ccccc2N)CO1. The monoisotopic (exact) mass is 218 g/mol. The zero-order valence-electron chi connectivity index (χ0n) is 10.0. The Bertz CT molecular complexity index is 418. The van der Waals surface area contributed by atoms with E-state index in [9.17, 15) is 0 Å². The summed E-state index contributed by atoms with van der Waals surface area (Å²) in [6, 6.07) is 7.88. The van der Waals surface area contributed by atoms with E-state index in [-0.39, 0.29) is 11.5 Å². The molecule has 0 aliphatic carbocycles. The van der Waals surface area contributed by atoms with Crippen LogP contribution in [0.5, 0.6) is 0 Å². The van der Waals surface area contributed by atoms with Crippen molar-refractivity contribution in [3.05, 3.63) is 29.8 Å². The van der Waals surface area contributed by atoms with Crippen molar-refractivity contribution < 1.29 is 4.74 Å². The van der Waals surface area contributed by atoms with Gasteiger partial charge in [-0.2, -0.15) is 0 Å². The molecule has 16 heavy (non-hydrogen) atoms. The van der Waals surface area contributed by atoms with Gasteiger partial charge in [0.05, 0.1) is 0 Å². The second kappa shape index (κ2) is 3.81. The molecule has 0 unspecified atom stereocenters. The molecule has 1 aliphatic heterocycles. The van der Waals surface area contributed by atoms with E-state index in [0.717, 1.165) is 17.1 Å². The summed E-state index contributed by atoms with van der Waals surface area (Å²) in [5.74, 6) is 0.820. The Labute approximate surface area is 96.3 Å². The lowest BCUT2D eigenvalue weighted by atomic mass is 9.97. The molecule has 3 heteroatoms. The van der Waals surface area contributed by atoms with Gasteiger partial charge in [0, 0.05) is 16.7 Å². The zero-order chi connectivity index (χ0) is 11.8. The van der Waals surface area contributed by atoms with Crippen LogP contribution < -0.4 is 5.73 Å². The van der Waals surface area contributed by atoms with Gasteiger partial charge in [-0.05, 0) is 6.07 Å². The van der Waals surface area contributed by atoms with Gasteiger partial charge in [0.15, 0.2) is 5.90 Å². The summed E-state index contributed by atoms with van der Waals surface area (Å²) >= 11 is 0. The molecule has 1 atom stereocenters. The number of ether oxygens (including phenoxy) is 1. The Morgan fingerprint density at radius 2 is 2.00 bits per heavy atom. The first-order valence-electron chi connectivity index (χ1n) is 5.54. The van der Waals surface area contributed by atoms with Crippen LogP contribution in [0.3, 0.4) is 0 Å². The maximum absolute atomic E-state index is 5.93. The van der Waals surface area contributed by atoms with Crippen molar-refractivity contribution in [1.82, 2.24) is 0 Å². The first-order chi connectivity index (χ1) is 7.48. The lowest BCUT2D eigenvalue weighted by Gasteiger charge is -2.16. The van der Waals surface area contributed by atoms with E-state index < -0.39 is 0 Å². The van der Waals surface area contributed by atoms with Crippen LogP contribution in [0.2, 0.25) is 0 Å². The smallest absolute Gasteiger partial charge is 0.189 e. The van der Waals surface area contributed by atoms with Gasteiger partial charge >= 0.3 is 0 Å². The fourth-order valence-electron chi connectivity index (χ4n) is 1.76. The van der Waals surface area contributed by atoms with Crippen LogP contribution in [0.15, 0.2) is 29.3 Å². The predicted molar refractivity (Wildman–Crippen MR) is 66.4 cm³/mol. The Morgan fingerprint density at radius 1 is 1.31 bits per heavy atom. The van der Waals surface area contributed by atoms with Crippen molar-refractivity contribution in [2.75, 3.05) is 12.3 Å². The maximum atomic E-state index is 5.93. The third-order valence-corrected chi connectivity index (χ3v) is 2.65. The molecule has 0 fully saturated rings. The summed E-state index contributed by atoms with van der Waals surface area (Å²) in [7, 11) is 0. The third-order valence-electron chi connectivity index (χ3n) is 2.65. The van der Waals surface area contributed by atoms with E-state index in [0.29, 0.717) is 6.61 Å². The number of nitrogens with two attached hydrogens (primary N) is 1. The minimum atomic E-state index is -0.0295. The molecule has 86 valence electrons. The molecule has 1 aliphatic rings. The van der Waals surface area contributed by atoms with Crippen LogP contribution in [0.1, 0.15) is 32.4 Å². The Hall–Kier alpha value is -1.51. The van der Waals surface area contributed by atoms with Gasteiger partial charge in [-0.3, -0.25) is 0 Å². The van der Waals surface area contributed by atoms with Crippen molar-refractivity contribution in [2.45, 2.75) is 26.8 Å². The molecule has 0 aromatic heterocycles. The van der Waals surface area contributed by atoms with E-state index >= 15 is 0 Å². The number of anilines is 1. The molecular weight excluding hydrogens is 200 g/mol. The summed E-state index contributed by atoms with van der Waals surface area (Å²) in [6.07, 6.45) is 0. The minimum Gasteiger partial charge on any atom is -0.478 e. The van der Waals surface area contributed by atoms with E-state index in [1.165, 1.54) is 0 Å². The summed E-state index contributed by atoms with van der Waals surface area (Å²) in [5.41, 5.74) is 7.74. The van der Waals surface area contributed by atoms with E-state index in [1.807, 2.05) is 24.3 Å². The molecule has 2 rings (SSSR count). The number of rotatable bonds is 1. The number of nitrogens with zero attached hydrogens (tertiary/aromatic N) is 1. The predicted octanol–water partition coefficient (Wildman–Crippen LogP) is 2.78. The van der Waals surface area contributed by atoms with Crippen LogP contribution in [-0.4, -0.2) is 12.5 Å². The van der Waals surface area contributed by atoms with Gasteiger partial charge in [-0.15, -0.1) is 0 Å². The normalized spacial score (nSPS) is 20.4. The molecule has 1 aromatic rings. The first-order valence-corrected chi connectivity index (χ1v) is 5.54. The van der Waals surface area contributed by atoms with E-state index in [4.69, 9.17) is 10.5 Å². The molecule has 1 heterocycles. The first kappa shape index (κ1) is 11.0. The van der Waals surface area contributed by atoms with Gasteiger partial charge in [-0.1, -0.05) is 39.0 Å². The van der Waals surface area contributed by atoms with Gasteiger partial charge in [0.2, 0.25) is 0 Å². The zero-order valence-corrected chi connectivity index (χ0v) is 10.0. The maximum Gasteiger partial charge on any atom is 0.189 e. The van der Waals surface area contributed by atoms with Gasteiger partial charge in [-0.25, -0.2) is 4.99 Å². The average Bonchev–Trinajstić information content (AvgIpc) is 2.66. The average molecular weight is 218 g/mol. The van der Waals surface area contributed by atoms with Crippen molar-refractivity contribution in [3.8, 4) is 0 Å². The number of nitrogen functional groups attached to an aromatic ring is 1. The van der Waals surface area contributed by atoms with Crippen molar-refractivity contribution in [1.29, 1.82) is 0 Å². The topological polar surface area (TPSA) is 47.6 Å². The van der Waals surface area contributed by atoms with Crippen molar-refractivity contribution in [2.24, 2.45) is 10.4 Å². The van der Waals surface area contributed by atoms with E-state index in [1.54, 1.807) is 0 Å². The molecule has 0 amide bonds. The molecule has 1 aromatic carbocycles. The number of hydrogen-bond donors (Lipinski definition) is 1. The summed E-state index contributed by atoms with van der Waals surface area (Å²) in [4.78, 5) is 4.60. The van der Waals surface area contributed by atoms with Gasteiger partial charge in [0.25, 0.3) is 0 Å². The summed E-state index contributed by atoms with van der Waals surface area (Å²) in [5, 5.41) is 0. The fourth-order valence-corrected chi connectivity index (χ4v) is 1.76. The van der Waals surface area contributed by atoms with Gasteiger partial charge in [0.1, 0.15) is 12.6 Å². The number of hydrogen-bond acceptors (Lipinski definition) is 3. The fraction of sp³-hybridized carbons (Fsp3) is 0.462. The van der Waals surface area contributed by atoms with Gasteiger partial charge < -0.3 is 10.5 Å². The molecule has 0 saturated carbocycles.